The second-order valence-electron chi connectivity index (χ2n) is 5.88. The molecule has 1 aliphatic rings. The fourth-order valence-corrected chi connectivity index (χ4v) is 2.58. The number of aliphatic hydroxyl groups excluding tert-OH is 1. The van der Waals surface area contributed by atoms with Crippen molar-refractivity contribution >= 4 is 5.91 Å². The Bertz CT molecular complexity index is 441. The van der Waals surface area contributed by atoms with Gasteiger partial charge in [-0.1, -0.05) is 30.3 Å². The number of carbonyl (C=O) groups is 1. The Hall–Kier alpha value is -1.39. The molecular weight excluding hydrogens is 252 g/mol. The molecule has 1 aromatic rings. The molecule has 1 aliphatic heterocycles. The van der Waals surface area contributed by atoms with Crippen LogP contribution in [0.4, 0.5) is 0 Å². The number of benzene rings is 1. The molecule has 0 aliphatic carbocycles. The van der Waals surface area contributed by atoms with Gasteiger partial charge in [0, 0.05) is 6.42 Å². The van der Waals surface area contributed by atoms with Crippen molar-refractivity contribution in [3.8, 4) is 0 Å². The van der Waals surface area contributed by atoms with E-state index < -0.39 is 11.6 Å². The van der Waals surface area contributed by atoms with Crippen LogP contribution in [0.25, 0.3) is 0 Å². The van der Waals surface area contributed by atoms with Crippen LogP contribution in [-0.4, -0.2) is 35.2 Å². The molecule has 0 spiro atoms. The third-order valence-corrected chi connectivity index (χ3v) is 4.09. The summed E-state index contributed by atoms with van der Waals surface area (Å²) in [5.41, 5.74) is 0.590. The predicted molar refractivity (Wildman–Crippen MR) is 79.4 cm³/mol. The fraction of sp³-hybridized carbons (Fsp3) is 0.562. The molecular formula is C16H24N2O2. The van der Waals surface area contributed by atoms with Crippen LogP contribution < -0.4 is 10.6 Å². The smallest absolute Gasteiger partial charge is 0.240 e. The van der Waals surface area contributed by atoms with Gasteiger partial charge in [-0.2, -0.15) is 0 Å². The first kappa shape index (κ1) is 15.0. The van der Waals surface area contributed by atoms with Gasteiger partial charge in [0.05, 0.1) is 17.7 Å². The Morgan fingerprint density at radius 1 is 1.45 bits per heavy atom. The van der Waals surface area contributed by atoms with Crippen LogP contribution in [0.3, 0.4) is 0 Å². The lowest BCUT2D eigenvalue weighted by Crippen LogP contribution is -2.55. The summed E-state index contributed by atoms with van der Waals surface area (Å²) in [6.07, 6.45) is 1.84. The van der Waals surface area contributed by atoms with Gasteiger partial charge in [0.15, 0.2) is 0 Å². The minimum Gasteiger partial charge on any atom is -0.391 e. The largest absolute Gasteiger partial charge is 0.391 e. The van der Waals surface area contributed by atoms with E-state index >= 15 is 0 Å². The Morgan fingerprint density at radius 3 is 2.75 bits per heavy atom. The monoisotopic (exact) mass is 276 g/mol. The van der Waals surface area contributed by atoms with Gasteiger partial charge in [0.2, 0.25) is 5.91 Å². The topological polar surface area (TPSA) is 61.4 Å². The Kier molecular flexibility index (Phi) is 4.78. The second-order valence-corrected chi connectivity index (χ2v) is 5.88. The van der Waals surface area contributed by atoms with Crippen molar-refractivity contribution in [2.24, 2.45) is 0 Å². The number of nitrogens with one attached hydrogen (secondary N) is 2. The Morgan fingerprint density at radius 2 is 2.15 bits per heavy atom. The first-order chi connectivity index (χ1) is 9.51. The lowest BCUT2D eigenvalue weighted by molar-refractivity contribution is -0.127. The minimum atomic E-state index is -0.577. The summed E-state index contributed by atoms with van der Waals surface area (Å²) in [4.78, 5) is 12.2. The molecule has 20 heavy (non-hydrogen) atoms. The minimum absolute atomic E-state index is 0.0189. The summed E-state index contributed by atoms with van der Waals surface area (Å²) in [6.45, 7) is 4.65. The average Bonchev–Trinajstić information content (AvgIpc) is 2.88. The highest BCUT2D eigenvalue weighted by Crippen LogP contribution is 2.19. The number of aliphatic hydroxyl groups is 1. The molecule has 3 atom stereocenters. The quantitative estimate of drug-likeness (QED) is 0.758. The Labute approximate surface area is 120 Å². The third kappa shape index (κ3) is 3.58. The highest BCUT2D eigenvalue weighted by molar-refractivity contribution is 5.86. The van der Waals surface area contributed by atoms with Crippen molar-refractivity contribution in [3.05, 3.63) is 35.9 Å². The van der Waals surface area contributed by atoms with Crippen molar-refractivity contribution in [1.29, 1.82) is 0 Å². The van der Waals surface area contributed by atoms with Crippen LogP contribution in [0, 0.1) is 0 Å². The summed E-state index contributed by atoms with van der Waals surface area (Å²) < 4.78 is 0. The summed E-state index contributed by atoms with van der Waals surface area (Å²) in [5.74, 6) is -0.0189. The molecule has 1 heterocycles. The number of carbonyl (C=O) groups excluding carboxylic acids is 1. The normalized spacial score (nSPS) is 25.1. The van der Waals surface area contributed by atoms with Gasteiger partial charge < -0.3 is 15.7 Å². The first-order valence-electron chi connectivity index (χ1n) is 7.29. The van der Waals surface area contributed by atoms with Crippen LogP contribution >= 0.6 is 0 Å². The van der Waals surface area contributed by atoms with Crippen LogP contribution in [0.5, 0.6) is 0 Å². The molecule has 2 rings (SSSR count). The zero-order chi connectivity index (χ0) is 14.6. The van der Waals surface area contributed by atoms with Crippen LogP contribution in [-0.2, 0) is 11.2 Å². The molecule has 0 saturated carbocycles. The van der Waals surface area contributed by atoms with Crippen molar-refractivity contribution in [2.45, 2.75) is 50.8 Å². The molecule has 110 valence electrons. The molecule has 1 saturated heterocycles. The van der Waals surface area contributed by atoms with E-state index in [-0.39, 0.29) is 11.9 Å². The fourth-order valence-electron chi connectivity index (χ4n) is 2.58. The molecule has 0 bridgehead atoms. The van der Waals surface area contributed by atoms with Gasteiger partial charge in [0.1, 0.15) is 0 Å². The number of hydrogen-bond donors (Lipinski definition) is 3. The van der Waals surface area contributed by atoms with Crippen LogP contribution in [0.2, 0.25) is 0 Å². The maximum Gasteiger partial charge on any atom is 0.240 e. The van der Waals surface area contributed by atoms with E-state index in [1.54, 1.807) is 0 Å². The number of amides is 1. The van der Waals surface area contributed by atoms with E-state index in [9.17, 15) is 9.90 Å². The van der Waals surface area contributed by atoms with E-state index in [2.05, 4.69) is 10.6 Å². The Balaban J connectivity index is 1.87. The van der Waals surface area contributed by atoms with Gasteiger partial charge in [-0.05, 0) is 38.8 Å². The maximum atomic E-state index is 12.2. The van der Waals surface area contributed by atoms with E-state index in [0.29, 0.717) is 6.42 Å². The second kappa shape index (κ2) is 6.37. The van der Waals surface area contributed by atoms with Crippen molar-refractivity contribution < 1.29 is 9.90 Å². The number of hydrogen-bond acceptors (Lipinski definition) is 3. The standard InChI is InChI=1S/C16H24N2O2/c1-12(14(19)11-13-7-4-3-5-8-13)18-15(20)16(2)9-6-10-17-16/h3-5,7-8,12,14,17,19H,6,9-11H2,1-2H3,(H,18,20). The highest BCUT2D eigenvalue weighted by Gasteiger charge is 2.36. The van der Waals surface area contributed by atoms with Gasteiger partial charge in [-0.3, -0.25) is 4.79 Å². The third-order valence-electron chi connectivity index (χ3n) is 4.09. The lowest BCUT2D eigenvalue weighted by atomic mass is 9.97. The SMILES string of the molecule is CC(NC(=O)C1(C)CCCN1)C(O)Cc1ccccc1. The van der Waals surface area contributed by atoms with E-state index in [4.69, 9.17) is 0 Å². The highest BCUT2D eigenvalue weighted by atomic mass is 16.3. The molecule has 1 fully saturated rings. The summed E-state index contributed by atoms with van der Waals surface area (Å²) >= 11 is 0. The number of rotatable bonds is 5. The van der Waals surface area contributed by atoms with Crippen molar-refractivity contribution in [2.75, 3.05) is 6.54 Å². The van der Waals surface area contributed by atoms with Crippen molar-refractivity contribution in [3.63, 3.8) is 0 Å². The maximum absolute atomic E-state index is 12.2. The molecule has 3 N–H and O–H groups in total. The lowest BCUT2D eigenvalue weighted by Gasteiger charge is -2.27. The molecule has 0 radical (unpaired) electrons. The van der Waals surface area contributed by atoms with Gasteiger partial charge in [0.25, 0.3) is 0 Å². The molecule has 1 aromatic carbocycles. The van der Waals surface area contributed by atoms with Gasteiger partial charge in [-0.15, -0.1) is 0 Å². The summed E-state index contributed by atoms with van der Waals surface area (Å²) in [6, 6.07) is 9.56. The van der Waals surface area contributed by atoms with Crippen molar-refractivity contribution in [1.82, 2.24) is 10.6 Å². The molecule has 3 unspecified atom stereocenters. The molecule has 0 aromatic heterocycles. The molecule has 4 nitrogen and oxygen atoms in total. The summed E-state index contributed by atoms with van der Waals surface area (Å²) in [5, 5.41) is 16.4. The molecule has 1 amide bonds. The van der Waals surface area contributed by atoms with Crippen LogP contribution in [0.15, 0.2) is 30.3 Å². The zero-order valence-electron chi connectivity index (χ0n) is 12.2. The van der Waals surface area contributed by atoms with Crippen LogP contribution in [0.1, 0.15) is 32.3 Å². The first-order valence-corrected chi connectivity index (χ1v) is 7.29. The molecule has 4 heteroatoms. The predicted octanol–water partition coefficient (Wildman–Crippen LogP) is 1.24. The van der Waals surface area contributed by atoms with Gasteiger partial charge >= 0.3 is 0 Å². The zero-order valence-corrected chi connectivity index (χ0v) is 12.2. The average molecular weight is 276 g/mol. The van der Waals surface area contributed by atoms with E-state index in [1.165, 1.54) is 0 Å². The van der Waals surface area contributed by atoms with E-state index in [0.717, 1.165) is 24.9 Å². The summed E-state index contributed by atoms with van der Waals surface area (Å²) in [7, 11) is 0. The van der Waals surface area contributed by atoms with E-state index in [1.807, 2.05) is 44.2 Å². The van der Waals surface area contributed by atoms with Gasteiger partial charge in [-0.25, -0.2) is 0 Å².